The van der Waals surface area contributed by atoms with Gasteiger partial charge in [0.05, 0.1) is 11.1 Å². The predicted octanol–water partition coefficient (Wildman–Crippen LogP) is 4.99. The first-order chi connectivity index (χ1) is 14.4. The number of carbonyl (C=O) groups is 1. The van der Waals surface area contributed by atoms with E-state index in [1.165, 1.54) is 6.07 Å². The normalized spacial score (nSPS) is 15.3. The summed E-state index contributed by atoms with van der Waals surface area (Å²) in [5.41, 5.74) is 1.68. The Labute approximate surface area is 189 Å². The van der Waals surface area contributed by atoms with Gasteiger partial charge in [-0.25, -0.2) is 4.39 Å². The maximum atomic E-state index is 13.9. The maximum Gasteiger partial charge on any atom is 0.276 e. The molecule has 1 amide bonds. The number of rotatable bonds is 7. The van der Waals surface area contributed by atoms with Crippen molar-refractivity contribution >= 4 is 45.2 Å². The zero-order chi connectivity index (χ0) is 21.8. The van der Waals surface area contributed by atoms with Gasteiger partial charge < -0.3 is 14.4 Å². The molecule has 0 aliphatic carbocycles. The van der Waals surface area contributed by atoms with E-state index in [1.807, 2.05) is 19.9 Å². The van der Waals surface area contributed by atoms with E-state index in [9.17, 15) is 9.18 Å². The Morgan fingerprint density at radius 2 is 1.93 bits per heavy atom. The van der Waals surface area contributed by atoms with Crippen LogP contribution in [0, 0.1) is 5.82 Å². The van der Waals surface area contributed by atoms with E-state index in [-0.39, 0.29) is 18.3 Å². The van der Waals surface area contributed by atoms with Crippen molar-refractivity contribution in [1.82, 2.24) is 9.80 Å². The van der Waals surface area contributed by atoms with E-state index in [0.29, 0.717) is 45.5 Å². The summed E-state index contributed by atoms with van der Waals surface area (Å²) < 4.78 is 26.2. The molecule has 3 rings (SSSR count). The van der Waals surface area contributed by atoms with Gasteiger partial charge in [-0.2, -0.15) is 0 Å². The largest absolute Gasteiger partial charge is 0.490 e. The van der Waals surface area contributed by atoms with Crippen LogP contribution in [0.25, 0.3) is 6.08 Å². The molecule has 1 saturated heterocycles. The number of hydrogen-bond donors (Lipinski definition) is 0. The minimum Gasteiger partial charge on any atom is -0.490 e. The summed E-state index contributed by atoms with van der Waals surface area (Å²) in [4.78, 5) is 15.9. The third kappa shape index (κ3) is 4.49. The fraction of sp³-hybridized carbons (Fsp3) is 0.273. The minimum atomic E-state index is -0.327. The molecule has 1 aliphatic heterocycles. The molecule has 5 nitrogen and oxygen atoms in total. The molecule has 0 atom stereocenters. The highest BCUT2D eigenvalue weighted by Gasteiger charge is 2.34. The molecule has 158 valence electrons. The summed E-state index contributed by atoms with van der Waals surface area (Å²) in [5, 5.41) is 0.475. The summed E-state index contributed by atoms with van der Waals surface area (Å²) in [6.07, 6.45) is 1.76. The second kappa shape index (κ2) is 9.57. The molecule has 1 aliphatic rings. The van der Waals surface area contributed by atoms with E-state index in [1.54, 1.807) is 47.2 Å². The third-order valence-electron chi connectivity index (χ3n) is 4.62. The van der Waals surface area contributed by atoms with Gasteiger partial charge in [0.2, 0.25) is 0 Å². The lowest BCUT2D eigenvalue weighted by molar-refractivity contribution is -0.122. The number of amides is 1. The summed E-state index contributed by atoms with van der Waals surface area (Å²) >= 11 is 8.86. The second-order valence-corrected chi connectivity index (χ2v) is 7.78. The van der Waals surface area contributed by atoms with Gasteiger partial charge in [-0.05, 0) is 71.8 Å². The van der Waals surface area contributed by atoms with Crippen molar-refractivity contribution in [1.29, 1.82) is 0 Å². The highest BCUT2D eigenvalue weighted by atomic mass is 79.9. The Hall–Kier alpha value is -2.45. The fourth-order valence-corrected chi connectivity index (χ4v) is 3.97. The van der Waals surface area contributed by atoms with Crippen molar-refractivity contribution in [3.63, 3.8) is 0 Å². The summed E-state index contributed by atoms with van der Waals surface area (Å²) in [7, 11) is 1.77. The number of carbonyl (C=O) groups excluding carboxylic acids is 1. The zero-order valence-electron chi connectivity index (χ0n) is 16.9. The van der Waals surface area contributed by atoms with Crippen LogP contribution < -0.4 is 9.47 Å². The van der Waals surface area contributed by atoms with Gasteiger partial charge in [0, 0.05) is 19.2 Å². The molecule has 30 heavy (non-hydrogen) atoms. The van der Waals surface area contributed by atoms with Crippen LogP contribution in [0.2, 0.25) is 0 Å². The van der Waals surface area contributed by atoms with Crippen molar-refractivity contribution in [3.05, 3.63) is 63.5 Å². The number of ether oxygens (including phenoxy) is 2. The molecule has 0 saturated carbocycles. The molecule has 0 aromatic heterocycles. The number of likely N-dealkylation sites (N-methyl/N-ethyl adjacent to an activating group) is 2. The number of thiocarbonyl (C=S) groups is 1. The molecule has 0 N–H and O–H groups in total. The molecular weight excluding hydrogens is 471 g/mol. The first-order valence-corrected chi connectivity index (χ1v) is 10.7. The topological polar surface area (TPSA) is 42.0 Å². The SMILES string of the molecule is CCOc1cc(/C=C2/C(=O)N(CC)C(=S)N2C)cc(Br)c1OCc1ccccc1F. The van der Waals surface area contributed by atoms with Crippen molar-refractivity contribution in [2.45, 2.75) is 20.5 Å². The van der Waals surface area contributed by atoms with Crippen LogP contribution in [0.3, 0.4) is 0 Å². The second-order valence-electron chi connectivity index (χ2n) is 6.56. The van der Waals surface area contributed by atoms with Crippen LogP contribution in [-0.4, -0.2) is 41.0 Å². The molecule has 1 heterocycles. The zero-order valence-corrected chi connectivity index (χ0v) is 19.3. The van der Waals surface area contributed by atoms with Gasteiger partial charge in [0.15, 0.2) is 16.6 Å². The van der Waals surface area contributed by atoms with E-state index in [2.05, 4.69) is 15.9 Å². The standard InChI is InChI=1S/C22H22BrFN2O3S/c1-4-26-21(27)18(25(3)22(26)30)11-14-10-16(23)20(19(12-14)28-5-2)29-13-15-8-6-7-9-17(15)24/h6-12H,4-5,13H2,1-3H3/b18-11-. The fourth-order valence-electron chi connectivity index (χ4n) is 3.09. The van der Waals surface area contributed by atoms with Crippen LogP contribution in [0.4, 0.5) is 4.39 Å². The molecule has 2 aromatic rings. The Balaban J connectivity index is 1.92. The van der Waals surface area contributed by atoms with Gasteiger partial charge in [-0.3, -0.25) is 9.69 Å². The number of nitrogens with zero attached hydrogens (tertiary/aromatic N) is 2. The smallest absolute Gasteiger partial charge is 0.276 e. The van der Waals surface area contributed by atoms with Gasteiger partial charge in [-0.15, -0.1) is 0 Å². The quantitative estimate of drug-likeness (QED) is 0.402. The van der Waals surface area contributed by atoms with E-state index in [0.717, 1.165) is 5.56 Å². The number of benzene rings is 2. The molecule has 8 heteroatoms. The average Bonchev–Trinajstić information content (AvgIpc) is 2.91. The van der Waals surface area contributed by atoms with Gasteiger partial charge in [0.25, 0.3) is 5.91 Å². The summed E-state index contributed by atoms with van der Waals surface area (Å²) in [5.74, 6) is 0.503. The van der Waals surface area contributed by atoms with Crippen molar-refractivity contribution in [2.24, 2.45) is 0 Å². The molecule has 0 unspecified atom stereocenters. The number of halogens is 2. The predicted molar refractivity (Wildman–Crippen MR) is 122 cm³/mol. The summed E-state index contributed by atoms with van der Waals surface area (Å²) in [6.45, 7) is 4.75. The van der Waals surface area contributed by atoms with Gasteiger partial charge in [-0.1, -0.05) is 18.2 Å². The molecule has 1 fully saturated rings. The highest BCUT2D eigenvalue weighted by Crippen LogP contribution is 2.38. The highest BCUT2D eigenvalue weighted by molar-refractivity contribution is 9.10. The van der Waals surface area contributed by atoms with E-state index in [4.69, 9.17) is 21.7 Å². The maximum absolute atomic E-state index is 13.9. The van der Waals surface area contributed by atoms with Crippen molar-refractivity contribution in [3.8, 4) is 11.5 Å². The first kappa shape index (κ1) is 22.2. The third-order valence-corrected chi connectivity index (χ3v) is 5.71. The average molecular weight is 493 g/mol. The van der Waals surface area contributed by atoms with E-state index >= 15 is 0 Å². The molecule has 2 aromatic carbocycles. The molecule has 0 bridgehead atoms. The number of hydrogen-bond acceptors (Lipinski definition) is 4. The lowest BCUT2D eigenvalue weighted by Gasteiger charge is -2.16. The van der Waals surface area contributed by atoms with E-state index < -0.39 is 0 Å². The Bertz CT molecular complexity index is 1010. The Kier molecular flexibility index (Phi) is 7.10. The molecule has 0 spiro atoms. The van der Waals surface area contributed by atoms with Crippen LogP contribution in [0.5, 0.6) is 11.5 Å². The van der Waals surface area contributed by atoms with Crippen LogP contribution >= 0.6 is 28.1 Å². The van der Waals surface area contributed by atoms with Gasteiger partial charge >= 0.3 is 0 Å². The molecule has 0 radical (unpaired) electrons. The Morgan fingerprint density at radius 3 is 2.57 bits per heavy atom. The Morgan fingerprint density at radius 1 is 1.20 bits per heavy atom. The van der Waals surface area contributed by atoms with Crippen LogP contribution in [-0.2, 0) is 11.4 Å². The minimum absolute atomic E-state index is 0.0622. The van der Waals surface area contributed by atoms with Gasteiger partial charge in [0.1, 0.15) is 18.1 Å². The van der Waals surface area contributed by atoms with Crippen LogP contribution in [0.15, 0.2) is 46.6 Å². The van der Waals surface area contributed by atoms with Crippen molar-refractivity contribution < 1.29 is 18.7 Å². The first-order valence-electron chi connectivity index (χ1n) is 9.51. The molecular formula is C22H22BrFN2O3S. The lowest BCUT2D eigenvalue weighted by atomic mass is 10.1. The lowest BCUT2D eigenvalue weighted by Crippen LogP contribution is -2.30. The summed E-state index contributed by atoms with van der Waals surface area (Å²) in [6, 6.07) is 10.1. The monoisotopic (exact) mass is 492 g/mol. The van der Waals surface area contributed by atoms with Crippen LogP contribution in [0.1, 0.15) is 25.0 Å². The van der Waals surface area contributed by atoms with Crippen molar-refractivity contribution in [2.75, 3.05) is 20.2 Å².